The van der Waals surface area contributed by atoms with Gasteiger partial charge in [-0.05, 0) is 24.1 Å². The molecule has 7 nitrogen and oxygen atoms in total. The highest BCUT2D eigenvalue weighted by atomic mass is 32.1. The standard InChI is InChI=1S/C21H20N4O3S/c1-12(2)11-25-20(27)14-8-5-4-7-13(14)17(24-25)19(26)23-21-22-18-15(28-3)9-6-10-16(18)29-21/h4-10,12H,11H2,1-3H3,(H,22,23,26). The van der Waals surface area contributed by atoms with Crippen molar-refractivity contribution in [1.29, 1.82) is 0 Å². The number of thiazole rings is 1. The van der Waals surface area contributed by atoms with E-state index in [1.165, 1.54) is 16.0 Å². The summed E-state index contributed by atoms with van der Waals surface area (Å²) in [7, 11) is 1.58. The van der Waals surface area contributed by atoms with E-state index < -0.39 is 5.91 Å². The highest BCUT2D eigenvalue weighted by Gasteiger charge is 2.19. The number of amides is 1. The molecule has 1 amide bonds. The van der Waals surface area contributed by atoms with Crippen LogP contribution in [0.1, 0.15) is 24.3 Å². The largest absolute Gasteiger partial charge is 0.494 e. The zero-order chi connectivity index (χ0) is 20.5. The summed E-state index contributed by atoms with van der Waals surface area (Å²) in [6.07, 6.45) is 0. The summed E-state index contributed by atoms with van der Waals surface area (Å²) in [5.41, 5.74) is 0.695. The monoisotopic (exact) mass is 408 g/mol. The van der Waals surface area contributed by atoms with E-state index in [4.69, 9.17) is 4.74 Å². The summed E-state index contributed by atoms with van der Waals surface area (Å²) in [6.45, 7) is 4.43. The minimum Gasteiger partial charge on any atom is -0.494 e. The van der Waals surface area contributed by atoms with Gasteiger partial charge in [-0.25, -0.2) is 9.67 Å². The Kier molecular flexibility index (Phi) is 5.02. The second kappa shape index (κ2) is 7.63. The molecule has 1 N–H and O–H groups in total. The summed E-state index contributed by atoms with van der Waals surface area (Å²) < 4.78 is 7.60. The highest BCUT2D eigenvalue weighted by molar-refractivity contribution is 7.22. The molecule has 0 saturated carbocycles. The van der Waals surface area contributed by atoms with Crippen LogP contribution >= 0.6 is 11.3 Å². The molecule has 0 aliphatic carbocycles. The van der Waals surface area contributed by atoms with E-state index in [0.717, 1.165) is 4.70 Å². The van der Waals surface area contributed by atoms with Crippen molar-refractivity contribution in [2.45, 2.75) is 20.4 Å². The Labute approximate surface area is 171 Å². The molecule has 2 aromatic carbocycles. The molecule has 0 aliphatic heterocycles. The molecule has 2 heterocycles. The Balaban J connectivity index is 1.77. The van der Waals surface area contributed by atoms with E-state index in [9.17, 15) is 9.59 Å². The van der Waals surface area contributed by atoms with Crippen LogP contribution in [0.25, 0.3) is 21.0 Å². The maximum absolute atomic E-state index is 13.1. The van der Waals surface area contributed by atoms with Gasteiger partial charge < -0.3 is 4.74 Å². The Morgan fingerprint density at radius 2 is 1.93 bits per heavy atom. The average Bonchev–Trinajstić information content (AvgIpc) is 3.12. The lowest BCUT2D eigenvalue weighted by molar-refractivity contribution is 0.102. The van der Waals surface area contributed by atoms with Crippen LogP contribution < -0.4 is 15.6 Å². The number of carbonyl (C=O) groups excluding carboxylic acids is 1. The zero-order valence-corrected chi connectivity index (χ0v) is 17.1. The van der Waals surface area contributed by atoms with Crippen molar-refractivity contribution in [1.82, 2.24) is 14.8 Å². The SMILES string of the molecule is COc1cccc2sc(NC(=O)c3nn(CC(C)C)c(=O)c4ccccc34)nc12. The second-order valence-corrected chi connectivity index (χ2v) is 8.09. The number of hydrogen-bond acceptors (Lipinski definition) is 6. The molecule has 0 aliphatic rings. The molecule has 0 bridgehead atoms. The first kappa shape index (κ1) is 19.1. The number of ether oxygens (including phenoxy) is 1. The smallest absolute Gasteiger partial charge is 0.278 e. The van der Waals surface area contributed by atoms with Crippen molar-refractivity contribution < 1.29 is 9.53 Å². The molecule has 148 valence electrons. The first-order chi connectivity index (χ1) is 14.0. The molecule has 0 spiro atoms. The first-order valence-electron chi connectivity index (χ1n) is 9.22. The van der Waals surface area contributed by atoms with E-state index in [2.05, 4.69) is 15.4 Å². The fraction of sp³-hybridized carbons (Fsp3) is 0.238. The third-order valence-corrected chi connectivity index (χ3v) is 5.38. The summed E-state index contributed by atoms with van der Waals surface area (Å²) >= 11 is 1.35. The maximum Gasteiger partial charge on any atom is 0.278 e. The lowest BCUT2D eigenvalue weighted by Crippen LogP contribution is -2.29. The van der Waals surface area contributed by atoms with Gasteiger partial charge in [0.15, 0.2) is 10.8 Å². The number of anilines is 1. The van der Waals surface area contributed by atoms with Gasteiger partial charge >= 0.3 is 0 Å². The molecule has 8 heteroatoms. The number of nitrogens with one attached hydrogen (secondary N) is 1. The van der Waals surface area contributed by atoms with Gasteiger partial charge in [0, 0.05) is 11.9 Å². The van der Waals surface area contributed by atoms with Gasteiger partial charge in [-0.2, -0.15) is 5.10 Å². The third-order valence-electron chi connectivity index (χ3n) is 4.44. The summed E-state index contributed by atoms with van der Waals surface area (Å²) in [5.74, 6) is 0.457. The van der Waals surface area contributed by atoms with Gasteiger partial charge in [0.2, 0.25) is 0 Å². The van der Waals surface area contributed by atoms with Crippen LogP contribution in [0.4, 0.5) is 5.13 Å². The molecular weight excluding hydrogens is 388 g/mol. The van der Waals surface area contributed by atoms with Crippen molar-refractivity contribution >= 4 is 43.4 Å². The van der Waals surface area contributed by atoms with Crippen LogP contribution in [0.3, 0.4) is 0 Å². The highest BCUT2D eigenvalue weighted by Crippen LogP contribution is 2.32. The molecular formula is C21H20N4O3S. The molecule has 4 aromatic rings. The average molecular weight is 408 g/mol. The van der Waals surface area contributed by atoms with Crippen molar-refractivity contribution in [3.8, 4) is 5.75 Å². The first-order valence-corrected chi connectivity index (χ1v) is 10.0. The lowest BCUT2D eigenvalue weighted by Gasteiger charge is -2.12. The van der Waals surface area contributed by atoms with Crippen LogP contribution in [-0.2, 0) is 6.54 Å². The molecule has 0 radical (unpaired) electrons. The minimum absolute atomic E-state index is 0.199. The van der Waals surface area contributed by atoms with E-state index in [1.54, 1.807) is 31.4 Å². The molecule has 0 unspecified atom stereocenters. The molecule has 4 rings (SSSR count). The number of benzene rings is 2. The molecule has 0 fully saturated rings. The number of rotatable bonds is 5. The Morgan fingerprint density at radius 1 is 1.17 bits per heavy atom. The molecule has 29 heavy (non-hydrogen) atoms. The maximum atomic E-state index is 13.1. The van der Waals surface area contributed by atoms with Crippen molar-refractivity contribution in [2.24, 2.45) is 5.92 Å². The van der Waals surface area contributed by atoms with Crippen LogP contribution in [0.5, 0.6) is 5.75 Å². The fourth-order valence-electron chi connectivity index (χ4n) is 3.17. The van der Waals surface area contributed by atoms with E-state index in [-0.39, 0.29) is 17.2 Å². The van der Waals surface area contributed by atoms with Crippen molar-refractivity contribution in [2.75, 3.05) is 12.4 Å². The van der Waals surface area contributed by atoms with Gasteiger partial charge in [0.25, 0.3) is 11.5 Å². The van der Waals surface area contributed by atoms with Crippen LogP contribution in [-0.4, -0.2) is 27.8 Å². The van der Waals surface area contributed by atoms with Crippen LogP contribution in [0, 0.1) is 5.92 Å². The number of nitrogens with zero attached hydrogens (tertiary/aromatic N) is 3. The van der Waals surface area contributed by atoms with E-state index >= 15 is 0 Å². The number of hydrogen-bond donors (Lipinski definition) is 1. The predicted octanol–water partition coefficient (Wildman–Crippen LogP) is 3.92. The van der Waals surface area contributed by atoms with Gasteiger partial charge in [-0.15, -0.1) is 0 Å². The molecule has 0 saturated heterocycles. The Hall–Kier alpha value is -3.26. The lowest BCUT2D eigenvalue weighted by atomic mass is 10.1. The number of aromatic nitrogens is 3. The number of fused-ring (bicyclic) bond motifs is 2. The van der Waals surface area contributed by atoms with Gasteiger partial charge in [-0.1, -0.05) is 49.4 Å². The number of methoxy groups -OCH3 is 1. The summed E-state index contributed by atoms with van der Waals surface area (Å²) in [6, 6.07) is 12.6. The molecule has 2 aromatic heterocycles. The molecule has 0 atom stereocenters. The fourth-order valence-corrected chi connectivity index (χ4v) is 4.05. The predicted molar refractivity (Wildman–Crippen MR) is 115 cm³/mol. The van der Waals surface area contributed by atoms with Crippen LogP contribution in [0.2, 0.25) is 0 Å². The van der Waals surface area contributed by atoms with Gasteiger partial charge in [0.05, 0.1) is 17.2 Å². The quantitative estimate of drug-likeness (QED) is 0.541. The summed E-state index contributed by atoms with van der Waals surface area (Å²) in [5, 5.41) is 8.63. The minimum atomic E-state index is -0.406. The van der Waals surface area contributed by atoms with Gasteiger partial charge in [0.1, 0.15) is 11.3 Å². The van der Waals surface area contributed by atoms with Crippen LogP contribution in [0.15, 0.2) is 47.3 Å². The summed E-state index contributed by atoms with van der Waals surface area (Å²) in [4.78, 5) is 30.3. The Bertz CT molecular complexity index is 1280. The topological polar surface area (TPSA) is 86.1 Å². The van der Waals surface area contributed by atoms with Gasteiger partial charge in [-0.3, -0.25) is 14.9 Å². The van der Waals surface area contributed by atoms with Crippen molar-refractivity contribution in [3.63, 3.8) is 0 Å². The Morgan fingerprint density at radius 3 is 2.66 bits per heavy atom. The zero-order valence-electron chi connectivity index (χ0n) is 16.3. The third kappa shape index (κ3) is 3.58. The van der Waals surface area contributed by atoms with E-state index in [1.807, 2.05) is 32.0 Å². The second-order valence-electron chi connectivity index (χ2n) is 7.06. The number of carbonyl (C=O) groups is 1. The normalized spacial score (nSPS) is 11.3. The van der Waals surface area contributed by atoms with Crippen molar-refractivity contribution in [3.05, 3.63) is 58.5 Å². The van der Waals surface area contributed by atoms with E-state index in [0.29, 0.717) is 33.7 Å². The number of para-hydroxylation sites is 1.